The molecule has 0 radical (unpaired) electrons. The number of nitrogens with zero attached hydrogens (tertiary/aromatic N) is 3. The number of halogens is 1. The van der Waals surface area contributed by atoms with Crippen molar-refractivity contribution in [3.05, 3.63) is 40.1 Å². The van der Waals surface area contributed by atoms with Crippen molar-refractivity contribution < 1.29 is 4.79 Å². The van der Waals surface area contributed by atoms with Gasteiger partial charge in [0.2, 0.25) is 11.1 Å². The minimum atomic E-state index is -0.170. The molecule has 0 bridgehead atoms. The molecule has 0 atom stereocenters. The molecule has 0 saturated heterocycles. The molecule has 0 fully saturated rings. The predicted molar refractivity (Wildman–Crippen MR) is 97.6 cm³/mol. The second-order valence-electron chi connectivity index (χ2n) is 5.45. The fourth-order valence-corrected chi connectivity index (χ4v) is 3.13. The summed E-state index contributed by atoms with van der Waals surface area (Å²) in [5, 5.41) is 11.8. The van der Waals surface area contributed by atoms with E-state index in [4.69, 9.17) is 11.6 Å². The number of allylic oxidation sites excluding steroid dienone is 1. The maximum absolute atomic E-state index is 12.7. The monoisotopic (exact) mass is 363 g/mol. The van der Waals surface area contributed by atoms with Gasteiger partial charge in [-0.2, -0.15) is 4.98 Å². The van der Waals surface area contributed by atoms with Gasteiger partial charge >= 0.3 is 0 Å². The van der Waals surface area contributed by atoms with Gasteiger partial charge in [0.25, 0.3) is 5.91 Å². The van der Waals surface area contributed by atoms with Crippen LogP contribution in [-0.2, 0) is 11.3 Å². The van der Waals surface area contributed by atoms with Crippen LogP contribution in [0.2, 0.25) is 5.02 Å². The molecule has 3 rings (SSSR count). The summed E-state index contributed by atoms with van der Waals surface area (Å²) in [7, 11) is 0. The highest BCUT2D eigenvalue weighted by Crippen LogP contribution is 2.25. The fourth-order valence-electron chi connectivity index (χ4n) is 2.39. The largest absolute Gasteiger partial charge is 0.328 e. The lowest BCUT2D eigenvalue weighted by atomic mass is 10.1. The Hall–Kier alpha value is -1.99. The highest BCUT2D eigenvalue weighted by molar-refractivity contribution is 7.99. The Morgan fingerprint density at radius 2 is 2.25 bits per heavy atom. The van der Waals surface area contributed by atoms with E-state index in [1.54, 1.807) is 28.6 Å². The second-order valence-corrected chi connectivity index (χ2v) is 7.12. The van der Waals surface area contributed by atoms with Crippen LogP contribution in [0.1, 0.15) is 19.4 Å². The Bertz CT molecular complexity index is 830. The van der Waals surface area contributed by atoms with E-state index in [0.717, 1.165) is 17.0 Å². The molecular formula is C16H18ClN5OS. The lowest BCUT2D eigenvalue weighted by Gasteiger charge is -2.20. The van der Waals surface area contributed by atoms with Crippen molar-refractivity contribution in [2.45, 2.75) is 32.5 Å². The number of aryl methyl sites for hydroxylation is 1. The zero-order valence-corrected chi connectivity index (χ0v) is 15.3. The predicted octanol–water partition coefficient (Wildman–Crippen LogP) is 3.69. The van der Waals surface area contributed by atoms with Crippen LogP contribution in [0.5, 0.6) is 0 Å². The number of amides is 1. The topological polar surface area (TPSA) is 71.8 Å². The Morgan fingerprint density at radius 3 is 3.00 bits per heavy atom. The van der Waals surface area contributed by atoms with Crippen LogP contribution in [0, 0.1) is 6.92 Å². The molecule has 1 aromatic heterocycles. The highest BCUT2D eigenvalue weighted by Gasteiger charge is 2.23. The van der Waals surface area contributed by atoms with E-state index < -0.39 is 0 Å². The summed E-state index contributed by atoms with van der Waals surface area (Å²) in [6.07, 6.45) is 0. The van der Waals surface area contributed by atoms with E-state index >= 15 is 0 Å². The van der Waals surface area contributed by atoms with Crippen LogP contribution in [0.15, 0.2) is 34.6 Å². The quantitative estimate of drug-likeness (QED) is 0.810. The van der Waals surface area contributed by atoms with E-state index in [2.05, 4.69) is 20.7 Å². The van der Waals surface area contributed by atoms with Crippen LogP contribution in [0.3, 0.4) is 0 Å². The van der Waals surface area contributed by atoms with Crippen LogP contribution in [0.25, 0.3) is 0 Å². The number of hydrogen-bond donors (Lipinski definition) is 2. The minimum absolute atomic E-state index is 0.170. The third-order valence-corrected chi connectivity index (χ3v) is 4.66. The summed E-state index contributed by atoms with van der Waals surface area (Å²) in [5.74, 6) is 1.40. The maximum Gasteiger partial charge on any atom is 0.255 e. The van der Waals surface area contributed by atoms with Gasteiger partial charge in [0.15, 0.2) is 0 Å². The molecular weight excluding hydrogens is 346 g/mol. The number of fused-ring (bicyclic) bond motifs is 1. The van der Waals surface area contributed by atoms with Crippen LogP contribution in [-0.4, -0.2) is 26.4 Å². The minimum Gasteiger partial charge on any atom is -0.328 e. The maximum atomic E-state index is 12.7. The van der Waals surface area contributed by atoms with E-state index in [9.17, 15) is 4.79 Å². The smallest absolute Gasteiger partial charge is 0.255 e. The molecule has 0 unspecified atom stereocenters. The van der Waals surface area contributed by atoms with E-state index in [-0.39, 0.29) is 5.91 Å². The summed E-state index contributed by atoms with van der Waals surface area (Å²) >= 11 is 7.58. The molecule has 6 nitrogen and oxygen atoms in total. The molecule has 126 valence electrons. The van der Waals surface area contributed by atoms with Gasteiger partial charge in [0.1, 0.15) is 0 Å². The molecule has 2 aromatic rings. The fraction of sp³-hybridized carbons (Fsp3) is 0.312. The first kappa shape index (κ1) is 16.9. The molecule has 1 amide bonds. The van der Waals surface area contributed by atoms with Crippen molar-refractivity contribution >= 4 is 40.9 Å². The van der Waals surface area contributed by atoms with E-state index in [1.165, 1.54) is 0 Å². The lowest BCUT2D eigenvalue weighted by Crippen LogP contribution is -2.26. The molecule has 0 spiro atoms. The Balaban J connectivity index is 1.80. The molecule has 1 aliphatic rings. The summed E-state index contributed by atoms with van der Waals surface area (Å²) in [6, 6.07) is 5.42. The number of hydrogen-bond acceptors (Lipinski definition) is 5. The van der Waals surface area contributed by atoms with Gasteiger partial charge in [0.05, 0.1) is 12.1 Å². The van der Waals surface area contributed by atoms with Crippen molar-refractivity contribution in [2.75, 3.05) is 16.4 Å². The number of nitrogens with one attached hydrogen (secondary N) is 2. The molecule has 1 aliphatic heterocycles. The molecule has 8 heteroatoms. The molecule has 0 saturated carbocycles. The Kier molecular flexibility index (Phi) is 4.82. The van der Waals surface area contributed by atoms with Gasteiger partial charge in [-0.25, -0.2) is 4.68 Å². The molecule has 24 heavy (non-hydrogen) atoms. The molecule has 1 aromatic carbocycles. The summed E-state index contributed by atoms with van der Waals surface area (Å²) in [4.78, 5) is 17.1. The van der Waals surface area contributed by atoms with Gasteiger partial charge in [-0.1, -0.05) is 36.4 Å². The third-order valence-electron chi connectivity index (χ3n) is 3.71. The zero-order valence-electron chi connectivity index (χ0n) is 13.7. The average molecular weight is 364 g/mol. The number of benzene rings is 1. The van der Waals surface area contributed by atoms with E-state index in [0.29, 0.717) is 33.9 Å². The first-order chi connectivity index (χ1) is 11.5. The van der Waals surface area contributed by atoms with Gasteiger partial charge < -0.3 is 10.6 Å². The van der Waals surface area contributed by atoms with Gasteiger partial charge in [-0.15, -0.1) is 5.10 Å². The SMILES string of the molecule is CCSc1nc2n(n1)CC(C(=O)Nc1cc(Cl)ccc1C)=C(C)N2. The number of carbonyl (C=O) groups is 1. The van der Waals surface area contributed by atoms with Crippen molar-refractivity contribution in [1.82, 2.24) is 14.8 Å². The summed E-state index contributed by atoms with van der Waals surface area (Å²) < 4.78 is 1.71. The number of carbonyl (C=O) groups excluding carboxylic acids is 1. The van der Waals surface area contributed by atoms with E-state index in [1.807, 2.05) is 26.8 Å². The molecule has 2 N–H and O–H groups in total. The Labute approximate surface area is 149 Å². The summed E-state index contributed by atoms with van der Waals surface area (Å²) in [5.41, 5.74) is 3.07. The first-order valence-corrected chi connectivity index (χ1v) is 8.96. The second kappa shape index (κ2) is 6.86. The number of rotatable bonds is 4. The average Bonchev–Trinajstić information content (AvgIpc) is 2.91. The normalized spacial score (nSPS) is 13.5. The summed E-state index contributed by atoms with van der Waals surface area (Å²) in [6.45, 7) is 6.23. The van der Waals surface area contributed by atoms with Crippen LogP contribution in [0.4, 0.5) is 11.6 Å². The Morgan fingerprint density at radius 1 is 1.46 bits per heavy atom. The lowest BCUT2D eigenvalue weighted by molar-refractivity contribution is -0.113. The van der Waals surface area contributed by atoms with Crippen LogP contribution >= 0.6 is 23.4 Å². The van der Waals surface area contributed by atoms with Crippen molar-refractivity contribution in [2.24, 2.45) is 0 Å². The van der Waals surface area contributed by atoms with Gasteiger partial charge in [-0.05, 0) is 37.3 Å². The van der Waals surface area contributed by atoms with Gasteiger partial charge in [-0.3, -0.25) is 4.79 Å². The molecule has 0 aliphatic carbocycles. The zero-order chi connectivity index (χ0) is 17.3. The van der Waals surface area contributed by atoms with Crippen molar-refractivity contribution in [1.29, 1.82) is 0 Å². The molecule has 2 heterocycles. The standard InChI is InChI=1S/C16H18ClN5OS/c1-4-24-16-20-15-18-10(3)12(8-22(15)21-16)14(23)19-13-7-11(17)6-5-9(13)2/h5-7H,4,8H2,1-3H3,(H,19,23)(H,18,20,21). The van der Waals surface area contributed by atoms with Crippen molar-refractivity contribution in [3.8, 4) is 0 Å². The third kappa shape index (κ3) is 3.42. The number of thioether (sulfide) groups is 1. The highest BCUT2D eigenvalue weighted by atomic mass is 35.5. The number of aromatic nitrogens is 3. The first-order valence-electron chi connectivity index (χ1n) is 7.60. The number of anilines is 2. The van der Waals surface area contributed by atoms with Gasteiger partial charge in [0, 0.05) is 16.4 Å². The van der Waals surface area contributed by atoms with Crippen molar-refractivity contribution in [3.63, 3.8) is 0 Å². The van der Waals surface area contributed by atoms with Crippen LogP contribution < -0.4 is 10.6 Å².